The normalized spacial score (nSPS) is 15.2. The van der Waals surface area contributed by atoms with E-state index in [4.69, 9.17) is 5.73 Å². The van der Waals surface area contributed by atoms with Gasteiger partial charge in [-0.1, -0.05) is 20.3 Å². The van der Waals surface area contributed by atoms with Crippen LogP contribution in [-0.2, 0) is 7.05 Å². The summed E-state index contributed by atoms with van der Waals surface area (Å²) in [4.78, 5) is 2.35. The molecule has 4 heteroatoms. The first-order valence-electron chi connectivity index (χ1n) is 6.40. The molecule has 2 unspecified atom stereocenters. The molecule has 0 aliphatic rings. The average Bonchev–Trinajstić information content (AvgIpc) is 2.59. The lowest BCUT2D eigenvalue weighted by Gasteiger charge is -2.29. The average molecular weight is 238 g/mol. The highest BCUT2D eigenvalue weighted by atomic mass is 15.3. The van der Waals surface area contributed by atoms with E-state index in [0.29, 0.717) is 12.5 Å². The minimum atomic E-state index is 0.276. The molecule has 0 bridgehead atoms. The molecule has 2 atom stereocenters. The lowest BCUT2D eigenvalue weighted by atomic mass is 10.0. The number of rotatable bonds is 6. The Morgan fingerprint density at radius 2 is 2.18 bits per heavy atom. The van der Waals surface area contributed by atoms with Gasteiger partial charge in [-0.05, 0) is 19.9 Å². The second-order valence-electron chi connectivity index (χ2n) is 5.05. The summed E-state index contributed by atoms with van der Waals surface area (Å²) in [6.45, 7) is 8.27. The summed E-state index contributed by atoms with van der Waals surface area (Å²) >= 11 is 0. The fourth-order valence-electron chi connectivity index (χ4n) is 2.24. The van der Waals surface area contributed by atoms with E-state index in [0.717, 1.165) is 12.2 Å². The molecule has 0 fully saturated rings. The van der Waals surface area contributed by atoms with E-state index in [9.17, 15) is 0 Å². The predicted octanol–water partition coefficient (Wildman–Crippen LogP) is 1.71. The maximum atomic E-state index is 5.92. The van der Waals surface area contributed by atoms with Gasteiger partial charge in [0.05, 0.1) is 11.7 Å². The maximum absolute atomic E-state index is 5.92. The molecule has 0 aromatic carbocycles. The van der Waals surface area contributed by atoms with Gasteiger partial charge in [0.1, 0.15) is 0 Å². The van der Waals surface area contributed by atoms with E-state index in [1.54, 1.807) is 0 Å². The minimum Gasteiger partial charge on any atom is -0.329 e. The highest BCUT2D eigenvalue weighted by Gasteiger charge is 2.20. The molecule has 1 aromatic heterocycles. The number of hydrogen-bond donors (Lipinski definition) is 1. The fourth-order valence-corrected chi connectivity index (χ4v) is 2.24. The maximum Gasteiger partial charge on any atom is 0.0641 e. The molecule has 0 aliphatic heterocycles. The van der Waals surface area contributed by atoms with E-state index in [-0.39, 0.29) is 6.04 Å². The molecular weight excluding hydrogens is 212 g/mol. The van der Waals surface area contributed by atoms with Crippen LogP contribution < -0.4 is 5.73 Å². The number of nitrogens with two attached hydrogens (primary N) is 1. The SMILES string of the molecule is CCC(C)CN(C)C(CN)c1cn(C)nc1C. The molecule has 98 valence electrons. The van der Waals surface area contributed by atoms with Crippen LogP contribution in [0.4, 0.5) is 0 Å². The molecule has 0 saturated carbocycles. The Bertz CT molecular complexity index is 345. The van der Waals surface area contributed by atoms with Crippen molar-refractivity contribution in [3.8, 4) is 0 Å². The second kappa shape index (κ2) is 6.17. The van der Waals surface area contributed by atoms with Gasteiger partial charge in [0.2, 0.25) is 0 Å². The molecule has 4 nitrogen and oxygen atoms in total. The summed E-state index contributed by atoms with van der Waals surface area (Å²) in [5.74, 6) is 0.700. The third-order valence-corrected chi connectivity index (χ3v) is 3.46. The Labute approximate surface area is 105 Å². The molecule has 1 rings (SSSR count). The summed E-state index contributed by atoms with van der Waals surface area (Å²) in [6.07, 6.45) is 3.29. The van der Waals surface area contributed by atoms with Gasteiger partial charge in [-0.3, -0.25) is 9.58 Å². The monoisotopic (exact) mass is 238 g/mol. The molecule has 0 aliphatic carbocycles. The molecule has 0 spiro atoms. The van der Waals surface area contributed by atoms with E-state index in [1.165, 1.54) is 12.0 Å². The van der Waals surface area contributed by atoms with Crippen molar-refractivity contribution in [2.75, 3.05) is 20.1 Å². The van der Waals surface area contributed by atoms with Gasteiger partial charge in [-0.2, -0.15) is 5.10 Å². The van der Waals surface area contributed by atoms with Crippen LogP contribution >= 0.6 is 0 Å². The number of nitrogens with zero attached hydrogens (tertiary/aromatic N) is 3. The minimum absolute atomic E-state index is 0.276. The number of hydrogen-bond acceptors (Lipinski definition) is 3. The summed E-state index contributed by atoms with van der Waals surface area (Å²) in [6, 6.07) is 0.276. The smallest absolute Gasteiger partial charge is 0.0641 e. The lowest BCUT2D eigenvalue weighted by Crippen LogP contribution is -2.33. The highest BCUT2D eigenvalue weighted by Crippen LogP contribution is 2.22. The van der Waals surface area contributed by atoms with Crippen LogP contribution in [0.15, 0.2) is 6.20 Å². The van der Waals surface area contributed by atoms with Gasteiger partial charge in [0.25, 0.3) is 0 Å². The Kier molecular flexibility index (Phi) is 5.15. The molecular formula is C13H26N4. The molecule has 1 heterocycles. The fraction of sp³-hybridized carbons (Fsp3) is 0.769. The van der Waals surface area contributed by atoms with Crippen molar-refractivity contribution < 1.29 is 0 Å². The van der Waals surface area contributed by atoms with Gasteiger partial charge in [-0.15, -0.1) is 0 Å². The molecule has 17 heavy (non-hydrogen) atoms. The summed E-state index contributed by atoms with van der Waals surface area (Å²) in [5.41, 5.74) is 8.26. The zero-order valence-electron chi connectivity index (χ0n) is 11.8. The van der Waals surface area contributed by atoms with Crippen LogP contribution in [0.3, 0.4) is 0 Å². The highest BCUT2D eigenvalue weighted by molar-refractivity contribution is 5.20. The zero-order valence-corrected chi connectivity index (χ0v) is 11.8. The Balaban J connectivity index is 2.80. The summed E-state index contributed by atoms with van der Waals surface area (Å²) in [7, 11) is 4.11. The van der Waals surface area contributed by atoms with Crippen molar-refractivity contribution >= 4 is 0 Å². The van der Waals surface area contributed by atoms with Gasteiger partial charge in [-0.25, -0.2) is 0 Å². The van der Waals surface area contributed by atoms with Crippen molar-refractivity contribution in [3.05, 3.63) is 17.5 Å². The Morgan fingerprint density at radius 3 is 2.59 bits per heavy atom. The Morgan fingerprint density at radius 1 is 1.53 bits per heavy atom. The lowest BCUT2D eigenvalue weighted by molar-refractivity contribution is 0.214. The van der Waals surface area contributed by atoms with Crippen LogP contribution in [0.5, 0.6) is 0 Å². The summed E-state index contributed by atoms with van der Waals surface area (Å²) < 4.78 is 1.87. The second-order valence-corrected chi connectivity index (χ2v) is 5.05. The summed E-state index contributed by atoms with van der Waals surface area (Å²) in [5, 5.41) is 4.40. The van der Waals surface area contributed by atoms with Crippen molar-refractivity contribution in [2.24, 2.45) is 18.7 Å². The van der Waals surface area contributed by atoms with Crippen LogP contribution in [-0.4, -0.2) is 34.8 Å². The number of aromatic nitrogens is 2. The van der Waals surface area contributed by atoms with Crippen molar-refractivity contribution in [1.29, 1.82) is 0 Å². The van der Waals surface area contributed by atoms with E-state index in [2.05, 4.69) is 44.0 Å². The van der Waals surface area contributed by atoms with Gasteiger partial charge >= 0.3 is 0 Å². The third kappa shape index (κ3) is 3.54. The zero-order chi connectivity index (χ0) is 13.0. The van der Waals surface area contributed by atoms with E-state index in [1.807, 2.05) is 11.7 Å². The first-order chi connectivity index (χ1) is 7.99. The molecule has 0 radical (unpaired) electrons. The van der Waals surface area contributed by atoms with Crippen molar-refractivity contribution in [2.45, 2.75) is 33.2 Å². The van der Waals surface area contributed by atoms with Crippen LogP contribution in [0.25, 0.3) is 0 Å². The van der Waals surface area contributed by atoms with Gasteiger partial charge in [0.15, 0.2) is 0 Å². The number of likely N-dealkylation sites (N-methyl/N-ethyl adjacent to an activating group) is 1. The largest absolute Gasteiger partial charge is 0.329 e. The predicted molar refractivity (Wildman–Crippen MR) is 71.8 cm³/mol. The molecule has 2 N–H and O–H groups in total. The van der Waals surface area contributed by atoms with Gasteiger partial charge < -0.3 is 5.73 Å². The number of aryl methyl sites for hydroxylation is 2. The molecule has 1 aromatic rings. The van der Waals surface area contributed by atoms with Gasteiger partial charge in [0, 0.05) is 31.9 Å². The first-order valence-corrected chi connectivity index (χ1v) is 6.40. The Hall–Kier alpha value is -0.870. The van der Waals surface area contributed by atoms with Crippen LogP contribution in [0, 0.1) is 12.8 Å². The molecule has 0 amide bonds. The third-order valence-electron chi connectivity index (χ3n) is 3.46. The molecule has 0 saturated heterocycles. The van der Waals surface area contributed by atoms with Crippen LogP contribution in [0.1, 0.15) is 37.6 Å². The van der Waals surface area contributed by atoms with Crippen molar-refractivity contribution in [3.63, 3.8) is 0 Å². The topological polar surface area (TPSA) is 47.1 Å². The van der Waals surface area contributed by atoms with E-state index >= 15 is 0 Å². The quantitative estimate of drug-likeness (QED) is 0.820. The van der Waals surface area contributed by atoms with E-state index < -0.39 is 0 Å². The first kappa shape index (κ1) is 14.2. The van der Waals surface area contributed by atoms with Crippen molar-refractivity contribution in [1.82, 2.24) is 14.7 Å². The standard InChI is InChI=1S/C13H26N4/c1-6-10(2)8-16(4)13(7-14)12-9-17(5)15-11(12)3/h9-10,13H,6-8,14H2,1-5H3. The van der Waals surface area contributed by atoms with Crippen LogP contribution in [0.2, 0.25) is 0 Å².